The van der Waals surface area contributed by atoms with Crippen molar-refractivity contribution in [1.82, 2.24) is 9.80 Å². The van der Waals surface area contributed by atoms with Crippen LogP contribution in [0, 0.1) is 0 Å². The van der Waals surface area contributed by atoms with Crippen molar-refractivity contribution >= 4 is 11.3 Å². The van der Waals surface area contributed by atoms with Gasteiger partial charge in [0, 0.05) is 35.9 Å². The summed E-state index contributed by atoms with van der Waals surface area (Å²) in [5.41, 5.74) is 7.72. The molecule has 1 aliphatic heterocycles. The van der Waals surface area contributed by atoms with Crippen LogP contribution in [0.2, 0.25) is 0 Å². The zero-order chi connectivity index (χ0) is 33.1. The molecule has 49 heavy (non-hydrogen) atoms. The van der Waals surface area contributed by atoms with E-state index in [2.05, 4.69) is 168 Å². The van der Waals surface area contributed by atoms with E-state index in [4.69, 9.17) is 9.47 Å². The molecule has 248 valence electrons. The number of nitrogens with zero attached hydrogens (tertiary/aromatic N) is 2. The van der Waals surface area contributed by atoms with Crippen LogP contribution in [0.4, 0.5) is 0 Å². The minimum Gasteiger partial charge on any atom is -0.374 e. The molecule has 4 bridgehead atoms. The molecule has 1 aromatic heterocycles. The molecule has 7 rings (SSSR count). The SMILES string of the molecule is c1ccc(CN2Cc3cccc(c3)CN(Cc3ccccc3)[C@H](c3ccccc3)COCc3ccc(s3)COC[C@H]2c2ccccc2)cc1. The predicted octanol–water partition coefficient (Wildman–Crippen LogP) is 9.98. The molecule has 0 fully saturated rings. The first kappa shape index (κ1) is 33.2. The van der Waals surface area contributed by atoms with Crippen LogP contribution >= 0.6 is 11.3 Å². The van der Waals surface area contributed by atoms with E-state index in [9.17, 15) is 0 Å². The van der Waals surface area contributed by atoms with Gasteiger partial charge in [0.15, 0.2) is 0 Å². The second kappa shape index (κ2) is 16.8. The quantitative estimate of drug-likeness (QED) is 0.177. The summed E-state index contributed by atoms with van der Waals surface area (Å²) in [7, 11) is 0. The lowest BCUT2D eigenvalue weighted by molar-refractivity contribution is 0.0419. The highest BCUT2D eigenvalue weighted by Gasteiger charge is 2.24. The fourth-order valence-electron chi connectivity index (χ4n) is 6.78. The molecule has 0 aliphatic carbocycles. The maximum atomic E-state index is 6.53. The molecule has 4 nitrogen and oxygen atoms in total. The van der Waals surface area contributed by atoms with Gasteiger partial charge < -0.3 is 9.47 Å². The summed E-state index contributed by atoms with van der Waals surface area (Å²) in [4.78, 5) is 7.60. The van der Waals surface area contributed by atoms with Crippen molar-refractivity contribution in [2.45, 2.75) is 51.5 Å². The molecular formula is C44H44N2O2S. The van der Waals surface area contributed by atoms with Crippen molar-refractivity contribution < 1.29 is 9.47 Å². The Balaban J connectivity index is 1.27. The van der Waals surface area contributed by atoms with Crippen LogP contribution in [0.3, 0.4) is 0 Å². The first-order chi connectivity index (χ1) is 24.3. The lowest BCUT2D eigenvalue weighted by Gasteiger charge is -2.33. The molecule has 0 radical (unpaired) electrons. The molecular weight excluding hydrogens is 621 g/mol. The minimum atomic E-state index is 0.0868. The molecule has 1 aliphatic rings. The Kier molecular flexibility index (Phi) is 11.4. The number of hydrogen-bond donors (Lipinski definition) is 0. The second-order valence-corrected chi connectivity index (χ2v) is 14.1. The number of ether oxygens (including phenoxy) is 2. The Labute approximate surface area is 295 Å². The van der Waals surface area contributed by atoms with E-state index in [1.165, 1.54) is 43.1 Å². The summed E-state index contributed by atoms with van der Waals surface area (Å²) in [6, 6.07) is 57.0. The number of benzene rings is 5. The van der Waals surface area contributed by atoms with Crippen molar-refractivity contribution in [2.24, 2.45) is 0 Å². The monoisotopic (exact) mass is 664 g/mol. The summed E-state index contributed by atoms with van der Waals surface area (Å²) in [5, 5.41) is 0. The molecule has 0 N–H and O–H groups in total. The van der Waals surface area contributed by atoms with E-state index in [1.807, 2.05) is 0 Å². The van der Waals surface area contributed by atoms with Gasteiger partial charge in [-0.05, 0) is 45.5 Å². The third-order valence-electron chi connectivity index (χ3n) is 9.23. The molecule has 5 heteroatoms. The molecule has 0 spiro atoms. The molecule has 2 atom stereocenters. The van der Waals surface area contributed by atoms with Crippen molar-refractivity contribution in [2.75, 3.05) is 13.2 Å². The normalized spacial score (nSPS) is 18.4. The summed E-state index contributed by atoms with van der Waals surface area (Å²) in [6.45, 7) is 5.63. The highest BCUT2D eigenvalue weighted by atomic mass is 32.1. The van der Waals surface area contributed by atoms with Gasteiger partial charge >= 0.3 is 0 Å². The average Bonchev–Trinajstić information content (AvgIpc) is 3.60. The topological polar surface area (TPSA) is 24.9 Å². The third kappa shape index (κ3) is 9.21. The van der Waals surface area contributed by atoms with E-state index in [0.717, 1.165) is 26.2 Å². The first-order valence-corrected chi connectivity index (χ1v) is 18.1. The van der Waals surface area contributed by atoms with E-state index < -0.39 is 0 Å². The largest absolute Gasteiger partial charge is 0.374 e. The van der Waals surface area contributed by atoms with Crippen LogP contribution in [-0.2, 0) is 48.9 Å². The first-order valence-electron chi connectivity index (χ1n) is 17.2. The second-order valence-electron chi connectivity index (χ2n) is 12.9. The standard InChI is InChI=1S/C44H44N2O2S/c1-5-14-35(15-6-1)27-45-29-37-18-13-19-38(26-37)30-46(28-36-16-7-2-8-17-36)44(40-22-11-4-12-23-40)34-48-32-42-25-24-41(49-42)31-47-33-43(45)39-20-9-3-10-21-39/h1-26,43-44H,27-34H2/t43-,44-/m0/s1. The van der Waals surface area contributed by atoms with Crippen molar-refractivity contribution in [1.29, 1.82) is 0 Å². The third-order valence-corrected chi connectivity index (χ3v) is 10.3. The number of fused-ring (bicyclic) bond motifs is 4. The molecule has 5 aromatic carbocycles. The Morgan fingerprint density at radius 2 is 0.878 bits per heavy atom. The van der Waals surface area contributed by atoms with Crippen LogP contribution < -0.4 is 0 Å². The van der Waals surface area contributed by atoms with Gasteiger partial charge in [-0.3, -0.25) is 9.80 Å². The van der Waals surface area contributed by atoms with E-state index in [0.29, 0.717) is 26.4 Å². The van der Waals surface area contributed by atoms with Crippen molar-refractivity contribution in [3.63, 3.8) is 0 Å². The van der Waals surface area contributed by atoms with E-state index in [1.54, 1.807) is 11.3 Å². The molecule has 0 saturated carbocycles. The number of thiophene rings is 1. The number of rotatable bonds is 6. The van der Waals surface area contributed by atoms with Gasteiger partial charge in [0.25, 0.3) is 0 Å². The van der Waals surface area contributed by atoms with E-state index in [-0.39, 0.29) is 12.1 Å². The van der Waals surface area contributed by atoms with Gasteiger partial charge in [-0.15, -0.1) is 11.3 Å². The van der Waals surface area contributed by atoms with Crippen LogP contribution in [0.5, 0.6) is 0 Å². The summed E-state index contributed by atoms with van der Waals surface area (Å²) in [5.74, 6) is 0. The van der Waals surface area contributed by atoms with Gasteiger partial charge in [0.2, 0.25) is 0 Å². The smallest absolute Gasteiger partial charge is 0.0810 e. The molecule has 0 amide bonds. The molecule has 0 unspecified atom stereocenters. The highest BCUT2D eigenvalue weighted by Crippen LogP contribution is 2.30. The fourth-order valence-corrected chi connectivity index (χ4v) is 7.67. The van der Waals surface area contributed by atoms with Gasteiger partial charge in [-0.25, -0.2) is 0 Å². The zero-order valence-corrected chi connectivity index (χ0v) is 28.8. The van der Waals surface area contributed by atoms with Crippen molar-refractivity contribution in [3.05, 3.63) is 201 Å². The van der Waals surface area contributed by atoms with Gasteiger partial charge in [0.05, 0.1) is 38.5 Å². The van der Waals surface area contributed by atoms with Crippen LogP contribution in [0.15, 0.2) is 158 Å². The maximum Gasteiger partial charge on any atom is 0.0810 e. The molecule has 6 aromatic rings. The summed E-state index contributed by atoms with van der Waals surface area (Å²) in [6.07, 6.45) is 0. The van der Waals surface area contributed by atoms with Gasteiger partial charge in [-0.2, -0.15) is 0 Å². The van der Waals surface area contributed by atoms with Crippen molar-refractivity contribution in [3.8, 4) is 0 Å². The summed E-state index contributed by atoms with van der Waals surface area (Å²) < 4.78 is 13.1. The van der Waals surface area contributed by atoms with Gasteiger partial charge in [0.1, 0.15) is 0 Å². The Hall–Kier alpha value is -4.36. The highest BCUT2D eigenvalue weighted by molar-refractivity contribution is 7.11. The number of hydrogen-bond acceptors (Lipinski definition) is 5. The predicted molar refractivity (Wildman–Crippen MR) is 200 cm³/mol. The summed E-state index contributed by atoms with van der Waals surface area (Å²) >= 11 is 1.79. The van der Waals surface area contributed by atoms with Gasteiger partial charge in [-0.1, -0.05) is 146 Å². The fraction of sp³-hybridized carbons (Fsp3) is 0.227. The van der Waals surface area contributed by atoms with Crippen LogP contribution in [-0.4, -0.2) is 23.0 Å². The van der Waals surface area contributed by atoms with Crippen LogP contribution in [0.1, 0.15) is 55.2 Å². The average molecular weight is 665 g/mol. The maximum absolute atomic E-state index is 6.53. The lowest BCUT2D eigenvalue weighted by Crippen LogP contribution is -2.32. The van der Waals surface area contributed by atoms with Crippen LogP contribution in [0.25, 0.3) is 0 Å². The zero-order valence-electron chi connectivity index (χ0n) is 27.9. The Morgan fingerprint density at radius 3 is 1.31 bits per heavy atom. The minimum absolute atomic E-state index is 0.0868. The molecule has 0 saturated heterocycles. The Morgan fingerprint density at radius 1 is 0.469 bits per heavy atom. The Bertz CT molecular complexity index is 1720. The van der Waals surface area contributed by atoms with E-state index >= 15 is 0 Å². The lowest BCUT2D eigenvalue weighted by atomic mass is 10.0. The molecule has 2 heterocycles.